The number of carbonyl (C=O) groups is 1. The number of methoxy groups -OCH3 is 1. The van der Waals surface area contributed by atoms with E-state index in [1.165, 1.54) is 11.3 Å². The van der Waals surface area contributed by atoms with E-state index in [4.69, 9.17) is 4.74 Å². The molecule has 0 aliphatic carbocycles. The quantitative estimate of drug-likeness (QED) is 0.740. The molecule has 0 unspecified atom stereocenters. The van der Waals surface area contributed by atoms with Gasteiger partial charge in [0.25, 0.3) is 0 Å². The van der Waals surface area contributed by atoms with Gasteiger partial charge in [0.2, 0.25) is 0 Å². The zero-order chi connectivity index (χ0) is 9.90. The van der Waals surface area contributed by atoms with Crippen LogP contribution in [-0.2, 0) is 16.0 Å². The Balaban J connectivity index is 2.61. The van der Waals surface area contributed by atoms with Crippen LogP contribution in [0.5, 0.6) is 0 Å². The highest BCUT2D eigenvalue weighted by molar-refractivity contribution is 7.09. The molecule has 0 fully saturated rings. The topological polar surface area (TPSA) is 39.2 Å². The van der Waals surface area contributed by atoms with E-state index in [2.05, 4.69) is 4.98 Å². The summed E-state index contributed by atoms with van der Waals surface area (Å²) in [5.74, 6) is 0.0826. The Morgan fingerprint density at radius 2 is 2.38 bits per heavy atom. The first-order valence-electron chi connectivity index (χ1n) is 4.02. The molecule has 0 radical (unpaired) electrons. The first-order valence-corrected chi connectivity index (χ1v) is 4.90. The molecule has 3 nitrogen and oxygen atoms in total. The molecule has 0 atom stereocenters. The maximum Gasteiger partial charge on any atom is 0.169 e. The molecule has 4 heteroatoms. The van der Waals surface area contributed by atoms with Crippen molar-refractivity contribution in [2.75, 3.05) is 7.11 Å². The Labute approximate surface area is 81.8 Å². The molecule has 0 saturated heterocycles. The van der Waals surface area contributed by atoms with E-state index in [0.717, 1.165) is 4.88 Å². The standard InChI is InChI=1S/C9H13NO2S/c1-9(2,12-3)8(11)4-7-5-10-6-13-7/h5-6H,4H2,1-3H3. The Morgan fingerprint density at radius 3 is 2.85 bits per heavy atom. The number of Topliss-reactive ketones (excluding diaryl/α,β-unsaturated/α-hetero) is 1. The number of hydrogen-bond donors (Lipinski definition) is 0. The number of aromatic nitrogens is 1. The van der Waals surface area contributed by atoms with Gasteiger partial charge in [0.15, 0.2) is 5.78 Å². The molecule has 0 bridgehead atoms. The number of hydrogen-bond acceptors (Lipinski definition) is 4. The van der Waals surface area contributed by atoms with Crippen molar-refractivity contribution in [3.05, 3.63) is 16.6 Å². The van der Waals surface area contributed by atoms with Gasteiger partial charge in [-0.15, -0.1) is 11.3 Å². The van der Waals surface area contributed by atoms with Gasteiger partial charge >= 0.3 is 0 Å². The van der Waals surface area contributed by atoms with Crippen molar-refractivity contribution in [1.82, 2.24) is 4.98 Å². The maximum absolute atomic E-state index is 11.6. The molecule has 1 rings (SSSR count). The zero-order valence-corrected chi connectivity index (χ0v) is 8.85. The second kappa shape index (κ2) is 3.98. The molecule has 0 amide bonds. The molecule has 0 aliphatic rings. The summed E-state index contributed by atoms with van der Waals surface area (Å²) < 4.78 is 5.08. The van der Waals surface area contributed by atoms with Gasteiger partial charge in [-0.05, 0) is 13.8 Å². The van der Waals surface area contributed by atoms with Gasteiger partial charge in [-0.1, -0.05) is 0 Å². The summed E-state index contributed by atoms with van der Waals surface area (Å²) in [4.78, 5) is 16.5. The van der Waals surface area contributed by atoms with Crippen LogP contribution in [0.25, 0.3) is 0 Å². The average Bonchev–Trinajstić information content (AvgIpc) is 2.57. The van der Waals surface area contributed by atoms with Crippen LogP contribution in [0.4, 0.5) is 0 Å². The summed E-state index contributed by atoms with van der Waals surface area (Å²) >= 11 is 1.49. The lowest BCUT2D eigenvalue weighted by Gasteiger charge is -2.20. The van der Waals surface area contributed by atoms with Crippen molar-refractivity contribution in [2.45, 2.75) is 25.9 Å². The highest BCUT2D eigenvalue weighted by atomic mass is 32.1. The predicted octanol–water partition coefficient (Wildman–Crippen LogP) is 1.68. The molecular weight excluding hydrogens is 186 g/mol. The van der Waals surface area contributed by atoms with Crippen LogP contribution >= 0.6 is 11.3 Å². The largest absolute Gasteiger partial charge is 0.371 e. The van der Waals surface area contributed by atoms with Gasteiger partial charge in [-0.2, -0.15) is 0 Å². The van der Waals surface area contributed by atoms with E-state index in [1.807, 2.05) is 0 Å². The Kier molecular flexibility index (Phi) is 3.17. The third kappa shape index (κ3) is 2.60. The summed E-state index contributed by atoms with van der Waals surface area (Å²) in [5.41, 5.74) is 1.03. The van der Waals surface area contributed by atoms with Gasteiger partial charge in [0.1, 0.15) is 5.60 Å². The summed E-state index contributed by atoms with van der Waals surface area (Å²) in [6, 6.07) is 0. The third-order valence-corrected chi connectivity index (χ3v) is 2.78. The first-order chi connectivity index (χ1) is 6.06. The normalized spacial score (nSPS) is 11.6. The van der Waals surface area contributed by atoms with Crippen LogP contribution in [0.3, 0.4) is 0 Å². The summed E-state index contributed by atoms with van der Waals surface area (Å²) in [6.07, 6.45) is 2.12. The van der Waals surface area contributed by atoms with Gasteiger partial charge in [0, 0.05) is 24.6 Å². The lowest BCUT2D eigenvalue weighted by molar-refractivity contribution is -0.136. The number of carbonyl (C=O) groups excluding carboxylic acids is 1. The SMILES string of the molecule is COC(C)(C)C(=O)Cc1cncs1. The van der Waals surface area contributed by atoms with Crippen LogP contribution in [0.15, 0.2) is 11.7 Å². The fourth-order valence-electron chi connectivity index (χ4n) is 0.814. The first kappa shape index (κ1) is 10.3. The number of thiazole rings is 1. The van der Waals surface area contributed by atoms with Gasteiger partial charge in [-0.3, -0.25) is 9.78 Å². The van der Waals surface area contributed by atoms with Crippen LogP contribution in [-0.4, -0.2) is 23.5 Å². The van der Waals surface area contributed by atoms with Crippen molar-refractivity contribution >= 4 is 17.1 Å². The van der Waals surface area contributed by atoms with E-state index in [1.54, 1.807) is 32.7 Å². The molecule has 0 aromatic carbocycles. The Morgan fingerprint density at radius 1 is 1.69 bits per heavy atom. The minimum atomic E-state index is -0.690. The number of ketones is 1. The highest BCUT2D eigenvalue weighted by Crippen LogP contribution is 2.15. The van der Waals surface area contributed by atoms with Crippen molar-refractivity contribution in [3.63, 3.8) is 0 Å². The fraction of sp³-hybridized carbons (Fsp3) is 0.556. The van der Waals surface area contributed by atoms with E-state index >= 15 is 0 Å². The fourth-order valence-corrected chi connectivity index (χ4v) is 1.41. The lowest BCUT2D eigenvalue weighted by atomic mass is 10.0. The van der Waals surface area contributed by atoms with E-state index < -0.39 is 5.60 Å². The van der Waals surface area contributed by atoms with Crippen molar-refractivity contribution in [1.29, 1.82) is 0 Å². The number of ether oxygens (including phenoxy) is 1. The molecule has 13 heavy (non-hydrogen) atoms. The minimum absolute atomic E-state index is 0.0826. The maximum atomic E-state index is 11.6. The van der Waals surface area contributed by atoms with E-state index in [0.29, 0.717) is 6.42 Å². The molecule has 0 N–H and O–H groups in total. The van der Waals surface area contributed by atoms with Crippen molar-refractivity contribution in [2.24, 2.45) is 0 Å². The predicted molar refractivity (Wildman–Crippen MR) is 51.9 cm³/mol. The molecular formula is C9H13NO2S. The molecule has 0 aliphatic heterocycles. The summed E-state index contributed by atoms with van der Waals surface area (Å²) in [6.45, 7) is 3.55. The lowest BCUT2D eigenvalue weighted by Crippen LogP contribution is -2.34. The molecule has 1 aromatic heterocycles. The summed E-state index contributed by atoms with van der Waals surface area (Å²) in [5, 5.41) is 0. The summed E-state index contributed by atoms with van der Waals surface area (Å²) in [7, 11) is 1.55. The van der Waals surface area contributed by atoms with Crippen molar-refractivity contribution in [3.8, 4) is 0 Å². The Bertz CT molecular complexity index is 280. The van der Waals surface area contributed by atoms with Gasteiger partial charge in [-0.25, -0.2) is 0 Å². The molecule has 0 spiro atoms. The second-order valence-electron chi connectivity index (χ2n) is 3.28. The Hall–Kier alpha value is -0.740. The number of nitrogens with zero attached hydrogens (tertiary/aromatic N) is 1. The molecule has 72 valence electrons. The number of rotatable bonds is 4. The van der Waals surface area contributed by atoms with Crippen LogP contribution in [0, 0.1) is 0 Å². The third-order valence-electron chi connectivity index (χ3n) is 2.00. The van der Waals surface area contributed by atoms with Crippen LogP contribution in [0.2, 0.25) is 0 Å². The van der Waals surface area contributed by atoms with E-state index in [-0.39, 0.29) is 5.78 Å². The van der Waals surface area contributed by atoms with Crippen molar-refractivity contribution < 1.29 is 9.53 Å². The van der Waals surface area contributed by atoms with Crippen LogP contribution in [0.1, 0.15) is 18.7 Å². The molecule has 1 heterocycles. The molecule has 0 saturated carbocycles. The molecule has 1 aromatic rings. The van der Waals surface area contributed by atoms with Gasteiger partial charge < -0.3 is 4.74 Å². The minimum Gasteiger partial charge on any atom is -0.371 e. The monoisotopic (exact) mass is 199 g/mol. The second-order valence-corrected chi connectivity index (χ2v) is 4.25. The van der Waals surface area contributed by atoms with E-state index in [9.17, 15) is 4.79 Å². The average molecular weight is 199 g/mol. The highest BCUT2D eigenvalue weighted by Gasteiger charge is 2.26. The van der Waals surface area contributed by atoms with Crippen LogP contribution < -0.4 is 0 Å². The smallest absolute Gasteiger partial charge is 0.169 e. The zero-order valence-electron chi connectivity index (χ0n) is 8.03. The van der Waals surface area contributed by atoms with Gasteiger partial charge in [0.05, 0.1) is 5.51 Å².